The molecule has 0 radical (unpaired) electrons. The first-order valence-corrected chi connectivity index (χ1v) is 11.3. The Bertz CT molecular complexity index is 1470. The van der Waals surface area contributed by atoms with E-state index in [0.29, 0.717) is 12.5 Å². The number of phenolic OH excluding ortho intramolecular Hbond substituents is 1. The van der Waals surface area contributed by atoms with E-state index in [9.17, 15) is 19.5 Å². The smallest absolute Gasteiger partial charge is 0.349 e. The molecule has 2 aliphatic rings. The van der Waals surface area contributed by atoms with Crippen LogP contribution in [0.1, 0.15) is 23.2 Å². The van der Waals surface area contributed by atoms with E-state index in [1.54, 1.807) is 4.90 Å². The van der Waals surface area contributed by atoms with Gasteiger partial charge < -0.3 is 14.7 Å². The average molecular weight is 522 g/mol. The number of benzene rings is 2. The van der Waals surface area contributed by atoms with Gasteiger partial charge in [-0.15, -0.1) is 5.10 Å². The molecule has 1 aliphatic heterocycles. The van der Waals surface area contributed by atoms with Gasteiger partial charge in [-0.1, -0.05) is 40.9 Å². The molecule has 2 bridgehead atoms. The number of aromatic nitrogens is 3. The highest BCUT2D eigenvalue weighted by Crippen LogP contribution is 2.40. The number of aromatic amines is 1. The maximum absolute atomic E-state index is 13.0. The molecule has 3 aromatic rings. The van der Waals surface area contributed by atoms with Gasteiger partial charge in [0.05, 0.1) is 21.3 Å². The van der Waals surface area contributed by atoms with E-state index in [4.69, 9.17) is 39.5 Å². The number of H-pyrrole nitrogens is 1. The van der Waals surface area contributed by atoms with Gasteiger partial charge in [-0.05, 0) is 49.1 Å². The van der Waals surface area contributed by atoms with Crippen LogP contribution in [0.2, 0.25) is 15.2 Å². The molecule has 5 rings (SSSR count). The molecule has 12 heteroatoms. The molecular weight excluding hydrogens is 507 g/mol. The Morgan fingerprint density at radius 2 is 1.88 bits per heavy atom. The molecule has 1 atom stereocenters. The number of halogens is 3. The minimum Gasteiger partial charge on any atom is -0.507 e. The zero-order chi connectivity index (χ0) is 24.1. The van der Waals surface area contributed by atoms with Crippen molar-refractivity contribution >= 4 is 40.7 Å². The number of aromatic hydroxyl groups is 1. The highest BCUT2D eigenvalue weighted by Gasteiger charge is 2.34. The summed E-state index contributed by atoms with van der Waals surface area (Å²) in [5.41, 5.74) is -0.454. The lowest BCUT2D eigenvalue weighted by Crippen LogP contribution is -2.32. The summed E-state index contributed by atoms with van der Waals surface area (Å²) in [4.78, 5) is 40.3. The predicted octanol–water partition coefficient (Wildman–Crippen LogP) is 4.13. The summed E-state index contributed by atoms with van der Waals surface area (Å²) < 4.78 is 6.66. The molecule has 2 aromatic carbocycles. The summed E-state index contributed by atoms with van der Waals surface area (Å²) >= 11 is 18.4. The lowest BCUT2D eigenvalue weighted by Gasteiger charge is -2.25. The van der Waals surface area contributed by atoms with Crippen molar-refractivity contribution in [2.45, 2.75) is 12.8 Å². The minimum absolute atomic E-state index is 0.0292. The third-order valence-corrected chi connectivity index (χ3v) is 6.45. The average Bonchev–Trinajstić information content (AvgIpc) is 3.43. The number of hydrogen-bond donors (Lipinski definition) is 2. The molecule has 2 N–H and O–H groups in total. The molecular formula is C22H15Cl3N4O5. The van der Waals surface area contributed by atoms with Gasteiger partial charge in [0.1, 0.15) is 11.5 Å². The van der Waals surface area contributed by atoms with Crippen LogP contribution in [-0.2, 0) is 0 Å². The number of allylic oxidation sites excluding steroid dienone is 1. The Morgan fingerprint density at radius 1 is 1.15 bits per heavy atom. The van der Waals surface area contributed by atoms with Crippen LogP contribution in [0, 0.1) is 5.92 Å². The van der Waals surface area contributed by atoms with Crippen LogP contribution in [0.15, 0.2) is 51.7 Å². The Hall–Kier alpha value is -3.27. The van der Waals surface area contributed by atoms with Crippen LogP contribution in [-0.4, -0.2) is 37.2 Å². The largest absolute Gasteiger partial charge is 0.507 e. The summed E-state index contributed by atoms with van der Waals surface area (Å²) in [6, 6.07) is 6.94. The number of carbonyl (C=O) groups excluding carboxylic acids is 1. The second-order valence-electron chi connectivity index (χ2n) is 7.85. The fourth-order valence-corrected chi connectivity index (χ4v) is 4.72. The fraction of sp³-hybridized carbons (Fsp3) is 0.182. The summed E-state index contributed by atoms with van der Waals surface area (Å²) in [7, 11) is 0. The topological polar surface area (TPSA) is 118 Å². The first-order chi connectivity index (χ1) is 16.2. The van der Waals surface area contributed by atoms with Crippen molar-refractivity contribution in [3.05, 3.63) is 83.7 Å². The molecule has 1 amide bonds. The number of fused-ring (bicyclic) bond motifs is 1. The van der Waals surface area contributed by atoms with Crippen LogP contribution >= 0.6 is 34.8 Å². The zero-order valence-electron chi connectivity index (χ0n) is 17.2. The third-order valence-electron chi connectivity index (χ3n) is 5.64. The molecule has 2 heterocycles. The number of amides is 1. The Morgan fingerprint density at radius 3 is 2.53 bits per heavy atom. The van der Waals surface area contributed by atoms with Gasteiger partial charge in [0.25, 0.3) is 11.5 Å². The van der Waals surface area contributed by atoms with Gasteiger partial charge in [-0.25, -0.2) is 4.79 Å². The van der Waals surface area contributed by atoms with Crippen molar-refractivity contribution in [3.8, 4) is 22.9 Å². The lowest BCUT2D eigenvalue weighted by molar-refractivity contribution is 0.0785. The Labute approximate surface area is 206 Å². The fourth-order valence-electron chi connectivity index (χ4n) is 4.04. The van der Waals surface area contributed by atoms with E-state index in [0.717, 1.165) is 23.2 Å². The number of likely N-dealkylation sites (tertiary alicyclic amines) is 1. The number of ether oxygens (including phenoxy) is 1. The van der Waals surface area contributed by atoms with Crippen molar-refractivity contribution in [1.29, 1.82) is 0 Å². The van der Waals surface area contributed by atoms with Gasteiger partial charge >= 0.3 is 5.69 Å². The molecule has 0 fully saturated rings. The molecule has 0 unspecified atom stereocenters. The number of carbonyl (C=O) groups is 1. The standard InChI is InChI=1S/C22H15Cl3N4O5/c23-15-6-12(29-22(33)26-20(31)19(25)27-29)7-16(24)18(15)34-13-3-4-17(30)14(8-13)21(32)28-9-10-1-2-11(28)5-10/h3-8,10,30H,1-2,9H2,(H,26,31,33)/t10-/m0/s1. The molecule has 34 heavy (non-hydrogen) atoms. The predicted molar refractivity (Wildman–Crippen MR) is 126 cm³/mol. The normalized spacial score (nSPS) is 16.6. The molecule has 0 saturated heterocycles. The van der Waals surface area contributed by atoms with Crippen molar-refractivity contribution in [2.24, 2.45) is 5.92 Å². The van der Waals surface area contributed by atoms with Crippen LogP contribution in [0.4, 0.5) is 0 Å². The summed E-state index contributed by atoms with van der Waals surface area (Å²) in [6.07, 6.45) is 3.96. The van der Waals surface area contributed by atoms with E-state index in [1.165, 1.54) is 30.3 Å². The molecule has 0 spiro atoms. The Balaban J connectivity index is 1.45. The van der Waals surface area contributed by atoms with Crippen LogP contribution in [0.25, 0.3) is 5.69 Å². The number of nitrogens with zero attached hydrogens (tertiary/aromatic N) is 3. The van der Waals surface area contributed by atoms with Crippen molar-refractivity contribution in [2.75, 3.05) is 6.54 Å². The molecule has 1 aromatic heterocycles. The van der Waals surface area contributed by atoms with E-state index in [1.807, 2.05) is 4.98 Å². The maximum atomic E-state index is 13.0. The first-order valence-electron chi connectivity index (χ1n) is 10.1. The van der Waals surface area contributed by atoms with Gasteiger partial charge in [-0.3, -0.25) is 14.6 Å². The van der Waals surface area contributed by atoms with Gasteiger partial charge in [0.2, 0.25) is 5.15 Å². The summed E-state index contributed by atoms with van der Waals surface area (Å²) in [6.45, 7) is 0.597. The summed E-state index contributed by atoms with van der Waals surface area (Å²) in [5, 5.41) is 13.6. The van der Waals surface area contributed by atoms with Gasteiger partial charge in [0, 0.05) is 12.2 Å². The number of hydrogen-bond acceptors (Lipinski definition) is 6. The van der Waals surface area contributed by atoms with E-state index < -0.39 is 16.4 Å². The van der Waals surface area contributed by atoms with Crippen LogP contribution < -0.4 is 16.0 Å². The third kappa shape index (κ3) is 3.96. The van der Waals surface area contributed by atoms with Gasteiger partial charge in [0.15, 0.2) is 5.75 Å². The second kappa shape index (κ2) is 8.50. The monoisotopic (exact) mass is 520 g/mol. The van der Waals surface area contributed by atoms with E-state index >= 15 is 0 Å². The highest BCUT2D eigenvalue weighted by molar-refractivity contribution is 6.37. The number of phenols is 1. The van der Waals surface area contributed by atoms with E-state index in [-0.39, 0.29) is 44.5 Å². The van der Waals surface area contributed by atoms with Crippen LogP contribution in [0.5, 0.6) is 17.2 Å². The lowest BCUT2D eigenvalue weighted by atomic mass is 10.1. The number of rotatable bonds is 4. The van der Waals surface area contributed by atoms with Crippen molar-refractivity contribution in [3.63, 3.8) is 0 Å². The number of nitrogens with one attached hydrogen (secondary N) is 1. The SMILES string of the molecule is O=C(c1cc(Oc2c(Cl)cc(-n3nc(Cl)c(=O)[nH]c3=O)cc2Cl)ccc1O)N1C[C@@H]2C=C1CC2. The van der Waals surface area contributed by atoms with Crippen LogP contribution in [0.3, 0.4) is 0 Å². The Kier molecular flexibility index (Phi) is 5.63. The van der Waals surface area contributed by atoms with Crippen molar-refractivity contribution < 1.29 is 14.6 Å². The molecule has 9 nitrogen and oxygen atoms in total. The summed E-state index contributed by atoms with van der Waals surface area (Å²) in [5.74, 6) is 0.148. The molecule has 174 valence electrons. The maximum Gasteiger partial charge on any atom is 0.349 e. The first kappa shape index (κ1) is 22.5. The van der Waals surface area contributed by atoms with Gasteiger partial charge in [-0.2, -0.15) is 4.68 Å². The van der Waals surface area contributed by atoms with E-state index in [2.05, 4.69) is 11.2 Å². The second-order valence-corrected chi connectivity index (χ2v) is 9.03. The molecule has 0 saturated carbocycles. The number of piperidine rings is 1. The quantitative estimate of drug-likeness (QED) is 0.533. The molecule has 1 aliphatic carbocycles. The highest BCUT2D eigenvalue weighted by atomic mass is 35.5. The van der Waals surface area contributed by atoms with Crippen molar-refractivity contribution in [1.82, 2.24) is 19.7 Å². The minimum atomic E-state index is -0.831. The zero-order valence-corrected chi connectivity index (χ0v) is 19.5.